The summed E-state index contributed by atoms with van der Waals surface area (Å²) in [6.07, 6.45) is 2.07. The van der Waals surface area contributed by atoms with E-state index in [4.69, 9.17) is 15.6 Å². The molecule has 1 rings (SSSR count). The van der Waals surface area contributed by atoms with Crippen molar-refractivity contribution in [3.05, 3.63) is 11.9 Å². The molecule has 1 aromatic rings. The number of aliphatic hydroxyl groups is 1. The zero-order valence-electron chi connectivity index (χ0n) is 8.90. The van der Waals surface area contributed by atoms with Gasteiger partial charge in [0.05, 0.1) is 25.1 Å². The van der Waals surface area contributed by atoms with Gasteiger partial charge in [-0.05, 0) is 6.42 Å². The maximum Gasteiger partial charge on any atom is 0.271 e. The highest BCUT2D eigenvalue weighted by Crippen LogP contribution is 2.04. The Morgan fingerprint density at radius 3 is 3.06 bits per heavy atom. The molecule has 0 saturated heterocycles. The normalized spacial score (nSPS) is 10.3. The molecule has 0 saturated carbocycles. The molecule has 1 amide bonds. The van der Waals surface area contributed by atoms with Crippen molar-refractivity contribution >= 4 is 11.6 Å². The topological polar surface area (TPSA) is 113 Å². The molecule has 7 heteroatoms. The summed E-state index contributed by atoms with van der Waals surface area (Å²) in [5, 5.41) is 17.3. The van der Waals surface area contributed by atoms with E-state index in [1.807, 2.05) is 0 Å². The lowest BCUT2D eigenvalue weighted by atomic mass is 10.3. The maximum atomic E-state index is 11.5. The predicted octanol–water partition coefficient (Wildman–Crippen LogP) is -0.879. The van der Waals surface area contributed by atoms with E-state index in [1.165, 1.54) is 6.20 Å². The number of hydrogen-bond donors (Lipinski definition) is 4. The van der Waals surface area contributed by atoms with Crippen LogP contribution in [0.2, 0.25) is 0 Å². The third kappa shape index (κ3) is 3.87. The first-order valence-electron chi connectivity index (χ1n) is 5.01. The number of nitrogens with two attached hydrogens (primary N) is 1. The third-order valence-electron chi connectivity index (χ3n) is 1.88. The number of H-pyrrole nitrogens is 1. The molecule has 0 aliphatic rings. The number of anilines is 1. The SMILES string of the molecule is Nc1cn[nH]c1C(=O)NCCCOCCO. The molecule has 0 aliphatic carbocycles. The number of rotatable bonds is 7. The van der Waals surface area contributed by atoms with Crippen LogP contribution in [0.5, 0.6) is 0 Å². The van der Waals surface area contributed by atoms with Gasteiger partial charge in [-0.3, -0.25) is 9.89 Å². The van der Waals surface area contributed by atoms with Gasteiger partial charge < -0.3 is 20.9 Å². The summed E-state index contributed by atoms with van der Waals surface area (Å²) in [6, 6.07) is 0. The summed E-state index contributed by atoms with van der Waals surface area (Å²) in [5.74, 6) is -0.280. The maximum absolute atomic E-state index is 11.5. The zero-order chi connectivity index (χ0) is 11.8. The highest BCUT2D eigenvalue weighted by Gasteiger charge is 2.10. The number of amides is 1. The number of aromatic nitrogens is 2. The fraction of sp³-hybridized carbons (Fsp3) is 0.556. The van der Waals surface area contributed by atoms with Crippen LogP contribution in [-0.4, -0.2) is 47.6 Å². The van der Waals surface area contributed by atoms with Crippen molar-refractivity contribution in [1.29, 1.82) is 0 Å². The Labute approximate surface area is 93.0 Å². The van der Waals surface area contributed by atoms with E-state index >= 15 is 0 Å². The summed E-state index contributed by atoms with van der Waals surface area (Å²) in [5.41, 5.74) is 6.11. The van der Waals surface area contributed by atoms with Gasteiger partial charge in [0.1, 0.15) is 5.69 Å². The number of ether oxygens (including phenoxy) is 1. The molecule has 1 heterocycles. The van der Waals surface area contributed by atoms with Gasteiger partial charge in [-0.1, -0.05) is 0 Å². The first kappa shape index (κ1) is 12.5. The van der Waals surface area contributed by atoms with E-state index in [2.05, 4.69) is 15.5 Å². The van der Waals surface area contributed by atoms with Crippen molar-refractivity contribution in [3.8, 4) is 0 Å². The van der Waals surface area contributed by atoms with Gasteiger partial charge in [-0.15, -0.1) is 0 Å². The number of hydrogen-bond acceptors (Lipinski definition) is 5. The summed E-state index contributed by atoms with van der Waals surface area (Å²) < 4.78 is 5.03. The standard InChI is InChI=1S/C9H16N4O3/c10-7-6-12-13-8(7)9(15)11-2-1-4-16-5-3-14/h6,14H,1-5,10H2,(H,11,15)(H,12,13). The number of aromatic amines is 1. The number of aliphatic hydroxyl groups excluding tert-OH is 1. The van der Waals surface area contributed by atoms with Crippen molar-refractivity contribution < 1.29 is 14.6 Å². The van der Waals surface area contributed by atoms with Crippen LogP contribution in [0, 0.1) is 0 Å². The number of carbonyl (C=O) groups excluding carboxylic acids is 1. The minimum absolute atomic E-state index is 0.0109. The fourth-order valence-corrected chi connectivity index (χ4v) is 1.11. The molecule has 0 aliphatic heterocycles. The quantitative estimate of drug-likeness (QED) is 0.453. The Morgan fingerprint density at radius 2 is 2.44 bits per heavy atom. The summed E-state index contributed by atoms with van der Waals surface area (Å²) in [4.78, 5) is 11.5. The van der Waals surface area contributed by atoms with E-state index < -0.39 is 0 Å². The molecule has 1 aromatic heterocycles. The zero-order valence-corrected chi connectivity index (χ0v) is 8.90. The van der Waals surface area contributed by atoms with Gasteiger partial charge in [-0.2, -0.15) is 5.10 Å². The van der Waals surface area contributed by atoms with Gasteiger partial charge in [0.25, 0.3) is 5.91 Å². The molecule has 5 N–H and O–H groups in total. The lowest BCUT2D eigenvalue weighted by Crippen LogP contribution is -2.26. The Kier molecular flexibility index (Phi) is 5.30. The molecular formula is C9H16N4O3. The van der Waals surface area contributed by atoms with Crippen LogP contribution in [0.25, 0.3) is 0 Å². The first-order valence-corrected chi connectivity index (χ1v) is 5.01. The van der Waals surface area contributed by atoms with Crippen LogP contribution in [0.1, 0.15) is 16.9 Å². The van der Waals surface area contributed by atoms with E-state index in [1.54, 1.807) is 0 Å². The van der Waals surface area contributed by atoms with Crippen LogP contribution in [0.15, 0.2) is 6.20 Å². The largest absolute Gasteiger partial charge is 0.396 e. The average molecular weight is 228 g/mol. The average Bonchev–Trinajstić information content (AvgIpc) is 2.69. The Balaban J connectivity index is 2.14. The van der Waals surface area contributed by atoms with E-state index in [-0.39, 0.29) is 18.2 Å². The van der Waals surface area contributed by atoms with Crippen molar-refractivity contribution in [2.75, 3.05) is 32.1 Å². The number of nitrogens with one attached hydrogen (secondary N) is 2. The van der Waals surface area contributed by atoms with Crippen LogP contribution >= 0.6 is 0 Å². The second-order valence-corrected chi connectivity index (χ2v) is 3.15. The lowest BCUT2D eigenvalue weighted by molar-refractivity contribution is 0.0866. The molecule has 0 radical (unpaired) electrons. The Bertz CT molecular complexity index is 326. The van der Waals surface area contributed by atoms with Gasteiger partial charge in [0.2, 0.25) is 0 Å². The highest BCUT2D eigenvalue weighted by atomic mass is 16.5. The molecule has 7 nitrogen and oxygen atoms in total. The van der Waals surface area contributed by atoms with Crippen LogP contribution in [0.3, 0.4) is 0 Å². The monoisotopic (exact) mass is 228 g/mol. The van der Waals surface area contributed by atoms with Gasteiger partial charge in [-0.25, -0.2) is 0 Å². The molecule has 0 unspecified atom stereocenters. The van der Waals surface area contributed by atoms with Crippen molar-refractivity contribution in [3.63, 3.8) is 0 Å². The second kappa shape index (κ2) is 6.81. The highest BCUT2D eigenvalue weighted by molar-refractivity contribution is 5.96. The molecule has 16 heavy (non-hydrogen) atoms. The van der Waals surface area contributed by atoms with E-state index in [9.17, 15) is 4.79 Å². The third-order valence-corrected chi connectivity index (χ3v) is 1.88. The number of nitrogens with zero attached hydrogens (tertiary/aromatic N) is 1. The lowest BCUT2D eigenvalue weighted by Gasteiger charge is -2.04. The molecule has 0 aromatic carbocycles. The van der Waals surface area contributed by atoms with Gasteiger partial charge in [0.15, 0.2) is 0 Å². The van der Waals surface area contributed by atoms with Crippen LogP contribution in [-0.2, 0) is 4.74 Å². The summed E-state index contributed by atoms with van der Waals surface area (Å²) >= 11 is 0. The molecule has 0 atom stereocenters. The van der Waals surface area contributed by atoms with E-state index in [0.717, 1.165) is 0 Å². The van der Waals surface area contributed by atoms with Crippen molar-refractivity contribution in [2.45, 2.75) is 6.42 Å². The minimum atomic E-state index is -0.280. The number of carbonyl (C=O) groups is 1. The summed E-state index contributed by atoms with van der Waals surface area (Å²) in [6.45, 7) is 1.32. The van der Waals surface area contributed by atoms with Gasteiger partial charge >= 0.3 is 0 Å². The fourth-order valence-electron chi connectivity index (χ4n) is 1.11. The van der Waals surface area contributed by atoms with Crippen LogP contribution in [0.4, 0.5) is 5.69 Å². The second-order valence-electron chi connectivity index (χ2n) is 3.15. The molecule has 0 spiro atoms. The Morgan fingerprint density at radius 1 is 1.62 bits per heavy atom. The number of nitrogen functional groups attached to an aromatic ring is 1. The summed E-state index contributed by atoms with van der Waals surface area (Å²) in [7, 11) is 0. The smallest absolute Gasteiger partial charge is 0.271 e. The molecule has 90 valence electrons. The molecular weight excluding hydrogens is 212 g/mol. The predicted molar refractivity (Wildman–Crippen MR) is 57.9 cm³/mol. The minimum Gasteiger partial charge on any atom is -0.396 e. The first-order chi connectivity index (χ1) is 7.75. The Hall–Kier alpha value is -1.60. The molecule has 0 bridgehead atoms. The van der Waals surface area contributed by atoms with Crippen molar-refractivity contribution in [1.82, 2.24) is 15.5 Å². The van der Waals surface area contributed by atoms with E-state index in [0.29, 0.717) is 31.9 Å². The van der Waals surface area contributed by atoms with Gasteiger partial charge in [0, 0.05) is 13.2 Å². The molecule has 0 fully saturated rings. The van der Waals surface area contributed by atoms with Crippen LogP contribution < -0.4 is 11.1 Å². The van der Waals surface area contributed by atoms with Crippen molar-refractivity contribution in [2.24, 2.45) is 0 Å².